The number of methoxy groups -OCH3 is 1. The van der Waals surface area contributed by atoms with Crippen molar-refractivity contribution in [3.63, 3.8) is 0 Å². The van der Waals surface area contributed by atoms with E-state index in [1.165, 1.54) is 0 Å². The Kier molecular flexibility index (Phi) is 4.94. The first-order valence-electron chi connectivity index (χ1n) is 6.73. The van der Waals surface area contributed by atoms with E-state index in [0.717, 1.165) is 11.3 Å². The fourth-order valence-corrected chi connectivity index (χ4v) is 2.48. The van der Waals surface area contributed by atoms with Crippen LogP contribution in [-0.2, 0) is 6.54 Å². The number of aliphatic imine (C=N–C) groups is 2. The Labute approximate surface area is 124 Å². The molecule has 0 fully saturated rings. The molecule has 1 aliphatic rings. The van der Waals surface area contributed by atoms with Crippen LogP contribution in [0.25, 0.3) is 0 Å². The molecular formula is C15H21N5O. The molecule has 2 rings (SSSR count). The van der Waals surface area contributed by atoms with Crippen LogP contribution in [0, 0.1) is 0 Å². The van der Waals surface area contributed by atoms with Crippen molar-refractivity contribution in [1.82, 2.24) is 4.90 Å². The van der Waals surface area contributed by atoms with Gasteiger partial charge in [-0.25, -0.2) is 0 Å². The van der Waals surface area contributed by atoms with Gasteiger partial charge in [-0.2, -0.15) is 0 Å². The molecule has 0 aliphatic carbocycles. The van der Waals surface area contributed by atoms with Gasteiger partial charge in [-0.3, -0.25) is 9.98 Å². The molecule has 0 aromatic heterocycles. The first-order valence-corrected chi connectivity index (χ1v) is 6.73. The number of nitrogens with two attached hydrogens (primary N) is 2. The summed E-state index contributed by atoms with van der Waals surface area (Å²) in [5.74, 6) is 1.31. The van der Waals surface area contributed by atoms with Gasteiger partial charge in [0.2, 0.25) is 0 Å². The average molecular weight is 287 g/mol. The number of hydrogen-bond acceptors (Lipinski definition) is 5. The summed E-state index contributed by atoms with van der Waals surface area (Å²) in [7, 11) is 1.66. The summed E-state index contributed by atoms with van der Waals surface area (Å²) in [6.07, 6.45) is 3.93. The molecular weight excluding hydrogens is 266 g/mol. The minimum atomic E-state index is -0.157. The van der Waals surface area contributed by atoms with Crippen LogP contribution in [0.2, 0.25) is 0 Å². The number of para-hydroxylation sites is 1. The van der Waals surface area contributed by atoms with Crippen LogP contribution >= 0.6 is 0 Å². The summed E-state index contributed by atoms with van der Waals surface area (Å²) in [6, 6.07) is 7.61. The third kappa shape index (κ3) is 3.22. The number of nitrogens with zero attached hydrogens (tertiary/aromatic N) is 3. The maximum absolute atomic E-state index is 6.04. The molecule has 6 heteroatoms. The predicted molar refractivity (Wildman–Crippen MR) is 85.5 cm³/mol. The summed E-state index contributed by atoms with van der Waals surface area (Å²) in [5, 5.41) is 0. The Morgan fingerprint density at radius 1 is 1.43 bits per heavy atom. The second-order valence-electron chi connectivity index (χ2n) is 4.71. The third-order valence-corrected chi connectivity index (χ3v) is 3.49. The fraction of sp³-hybridized carbons (Fsp3) is 0.333. The Morgan fingerprint density at radius 2 is 2.19 bits per heavy atom. The summed E-state index contributed by atoms with van der Waals surface area (Å²) in [4.78, 5) is 10.3. The van der Waals surface area contributed by atoms with Crippen LogP contribution in [0.1, 0.15) is 5.56 Å². The molecule has 0 amide bonds. The van der Waals surface area contributed by atoms with E-state index in [4.69, 9.17) is 16.2 Å². The van der Waals surface area contributed by atoms with E-state index in [9.17, 15) is 0 Å². The average Bonchev–Trinajstić information content (AvgIpc) is 2.91. The maximum Gasteiger partial charge on any atom is 0.123 e. The molecule has 0 spiro atoms. The van der Waals surface area contributed by atoms with Crippen molar-refractivity contribution in [3.05, 3.63) is 42.1 Å². The Bertz CT molecular complexity index is 555. The van der Waals surface area contributed by atoms with Crippen molar-refractivity contribution in [2.45, 2.75) is 18.6 Å². The van der Waals surface area contributed by atoms with E-state index in [2.05, 4.69) is 21.6 Å². The second kappa shape index (κ2) is 6.90. The zero-order valence-corrected chi connectivity index (χ0v) is 12.1. The Hall–Kier alpha value is -2.34. The molecule has 0 saturated carbocycles. The molecule has 1 aromatic rings. The van der Waals surface area contributed by atoms with E-state index in [-0.39, 0.29) is 18.8 Å². The first kappa shape index (κ1) is 15.1. The summed E-state index contributed by atoms with van der Waals surface area (Å²) < 4.78 is 5.38. The SMILES string of the molecule is C=NC1C=CN(Cc2ccccc2OC)C1/C(N)=N\CN. The zero-order valence-electron chi connectivity index (χ0n) is 12.1. The normalized spacial score (nSPS) is 21.6. The third-order valence-electron chi connectivity index (χ3n) is 3.49. The van der Waals surface area contributed by atoms with Gasteiger partial charge in [0.1, 0.15) is 17.6 Å². The lowest BCUT2D eigenvalue weighted by Crippen LogP contribution is -2.45. The van der Waals surface area contributed by atoms with Crippen LogP contribution in [0.5, 0.6) is 5.75 Å². The minimum absolute atomic E-state index is 0.116. The summed E-state index contributed by atoms with van der Waals surface area (Å²) in [6.45, 7) is 4.43. The number of benzene rings is 1. The van der Waals surface area contributed by atoms with Crippen molar-refractivity contribution < 1.29 is 4.74 Å². The molecule has 21 heavy (non-hydrogen) atoms. The lowest BCUT2D eigenvalue weighted by Gasteiger charge is -2.28. The second-order valence-corrected chi connectivity index (χ2v) is 4.71. The van der Waals surface area contributed by atoms with E-state index in [1.807, 2.05) is 36.5 Å². The van der Waals surface area contributed by atoms with Crippen molar-refractivity contribution in [1.29, 1.82) is 0 Å². The Balaban J connectivity index is 2.23. The number of rotatable bonds is 6. The van der Waals surface area contributed by atoms with Gasteiger partial charge in [-0.1, -0.05) is 18.2 Å². The van der Waals surface area contributed by atoms with Gasteiger partial charge < -0.3 is 21.1 Å². The van der Waals surface area contributed by atoms with Crippen molar-refractivity contribution in [2.24, 2.45) is 21.5 Å². The molecule has 1 aromatic carbocycles. The van der Waals surface area contributed by atoms with Crippen molar-refractivity contribution in [3.8, 4) is 5.75 Å². The van der Waals surface area contributed by atoms with Crippen LogP contribution in [0.15, 0.2) is 46.5 Å². The van der Waals surface area contributed by atoms with Crippen LogP contribution in [0.4, 0.5) is 0 Å². The molecule has 1 aliphatic heterocycles. The minimum Gasteiger partial charge on any atom is -0.496 e. The maximum atomic E-state index is 6.04. The number of ether oxygens (including phenoxy) is 1. The van der Waals surface area contributed by atoms with E-state index in [0.29, 0.717) is 12.4 Å². The largest absolute Gasteiger partial charge is 0.496 e. The van der Waals surface area contributed by atoms with Crippen molar-refractivity contribution >= 4 is 12.6 Å². The number of hydrogen-bond donors (Lipinski definition) is 2. The van der Waals surface area contributed by atoms with Gasteiger partial charge >= 0.3 is 0 Å². The van der Waals surface area contributed by atoms with Crippen LogP contribution in [-0.4, -0.2) is 43.3 Å². The van der Waals surface area contributed by atoms with E-state index >= 15 is 0 Å². The van der Waals surface area contributed by atoms with Gasteiger partial charge in [0.05, 0.1) is 19.8 Å². The lowest BCUT2D eigenvalue weighted by atomic mass is 10.1. The summed E-state index contributed by atoms with van der Waals surface area (Å²) in [5.41, 5.74) is 12.6. The highest BCUT2D eigenvalue weighted by atomic mass is 16.5. The van der Waals surface area contributed by atoms with Gasteiger partial charge in [0.25, 0.3) is 0 Å². The summed E-state index contributed by atoms with van der Waals surface area (Å²) >= 11 is 0. The topological polar surface area (TPSA) is 89.2 Å². The molecule has 0 saturated heterocycles. The first-order chi connectivity index (χ1) is 10.2. The van der Waals surface area contributed by atoms with E-state index in [1.54, 1.807) is 7.11 Å². The molecule has 112 valence electrons. The van der Waals surface area contributed by atoms with Crippen molar-refractivity contribution in [2.75, 3.05) is 13.8 Å². The zero-order chi connectivity index (χ0) is 15.2. The smallest absolute Gasteiger partial charge is 0.123 e. The van der Waals surface area contributed by atoms with Crippen LogP contribution < -0.4 is 16.2 Å². The molecule has 0 radical (unpaired) electrons. The van der Waals surface area contributed by atoms with Gasteiger partial charge in [0.15, 0.2) is 0 Å². The highest BCUT2D eigenvalue weighted by Gasteiger charge is 2.31. The lowest BCUT2D eigenvalue weighted by molar-refractivity contribution is 0.326. The highest BCUT2D eigenvalue weighted by Crippen LogP contribution is 2.25. The van der Waals surface area contributed by atoms with Gasteiger partial charge in [0, 0.05) is 12.1 Å². The predicted octanol–water partition coefficient (Wildman–Crippen LogP) is 0.736. The molecule has 6 nitrogen and oxygen atoms in total. The van der Waals surface area contributed by atoms with Gasteiger partial charge in [-0.15, -0.1) is 0 Å². The van der Waals surface area contributed by atoms with Gasteiger partial charge in [-0.05, 0) is 25.1 Å². The Morgan fingerprint density at radius 3 is 2.86 bits per heavy atom. The highest BCUT2D eigenvalue weighted by molar-refractivity contribution is 5.87. The van der Waals surface area contributed by atoms with E-state index < -0.39 is 0 Å². The molecule has 1 heterocycles. The molecule has 0 bridgehead atoms. The van der Waals surface area contributed by atoms with Crippen LogP contribution in [0.3, 0.4) is 0 Å². The fourth-order valence-electron chi connectivity index (χ4n) is 2.48. The monoisotopic (exact) mass is 287 g/mol. The quantitative estimate of drug-likeness (QED) is 0.596. The molecule has 4 N–H and O–H groups in total. The molecule has 2 atom stereocenters. The standard InChI is InChI=1S/C15H21N5O/c1-18-12-7-8-20(14(12)15(17)19-10-16)9-11-5-3-4-6-13(11)21-2/h3-8,12,14H,1,9-10,16H2,2H3,(H2,17,19). The number of amidine groups is 1. The molecule has 2 unspecified atom stereocenters.